The number of hydrogen-bond donors (Lipinski definition) is 0. The van der Waals surface area contributed by atoms with Crippen LogP contribution in [0.1, 0.15) is 28.3 Å². The third kappa shape index (κ3) is 5.33. The molecule has 4 aromatic rings. The Morgan fingerprint density at radius 1 is 0.833 bits per heavy atom. The number of aryl methyl sites for hydroxylation is 1. The Labute approximate surface area is 192 Å². The van der Waals surface area contributed by atoms with Gasteiger partial charge in [-0.05, 0) is 23.7 Å². The molecular weight excluding hydrogens is 545 g/mol. The summed E-state index contributed by atoms with van der Waals surface area (Å²) in [6.45, 7) is 2.03. The molecule has 148 valence electrons. The van der Waals surface area contributed by atoms with E-state index in [0.717, 1.165) is 16.8 Å². The first kappa shape index (κ1) is 21.7. The second-order valence-electron chi connectivity index (χ2n) is 6.81. The summed E-state index contributed by atoms with van der Waals surface area (Å²) in [7, 11) is 0. The summed E-state index contributed by atoms with van der Waals surface area (Å²) in [6, 6.07) is 34.8. The van der Waals surface area contributed by atoms with E-state index in [0.29, 0.717) is 0 Å². The molecule has 1 aromatic heterocycles. The Morgan fingerprint density at radius 2 is 1.60 bits per heavy atom. The summed E-state index contributed by atoms with van der Waals surface area (Å²) in [5.41, 5.74) is 6.83. The van der Waals surface area contributed by atoms with Crippen LogP contribution in [0.3, 0.4) is 0 Å². The van der Waals surface area contributed by atoms with Gasteiger partial charge in [-0.1, -0.05) is 54.1 Å². The van der Waals surface area contributed by atoms with Crippen LogP contribution in [0, 0.1) is 19.1 Å². The molecule has 0 bridgehead atoms. The predicted octanol–water partition coefficient (Wildman–Crippen LogP) is 6.79. The second-order valence-corrected chi connectivity index (χ2v) is 6.81. The largest absolute Gasteiger partial charge is 3.00 e. The van der Waals surface area contributed by atoms with Crippen molar-refractivity contribution in [3.63, 3.8) is 0 Å². The molecule has 1 aliphatic rings. The maximum absolute atomic E-state index is 4.53. The smallest absolute Gasteiger partial charge is 0.682 e. The molecule has 0 saturated heterocycles. The molecule has 0 aliphatic carbocycles. The third-order valence-corrected chi connectivity index (χ3v) is 4.70. The molecular formula is C27H21IrN2. The molecule has 0 N–H and O–H groups in total. The fraction of sp³-hybridized carbons (Fsp3) is 0.0741. The van der Waals surface area contributed by atoms with E-state index in [2.05, 4.69) is 64.9 Å². The quantitative estimate of drug-likeness (QED) is 0.246. The molecule has 0 fully saturated rings. The Kier molecular flexibility index (Phi) is 7.73. The van der Waals surface area contributed by atoms with Crippen molar-refractivity contribution < 1.29 is 20.1 Å². The van der Waals surface area contributed by atoms with E-state index in [-0.39, 0.29) is 26.1 Å². The Balaban J connectivity index is 0.000000169. The maximum atomic E-state index is 4.53. The van der Waals surface area contributed by atoms with Crippen molar-refractivity contribution in [2.24, 2.45) is 0 Å². The van der Waals surface area contributed by atoms with Crippen LogP contribution in [0.4, 0.5) is 0 Å². The zero-order chi connectivity index (χ0) is 19.9. The predicted molar refractivity (Wildman–Crippen MR) is 119 cm³/mol. The van der Waals surface area contributed by atoms with Crippen molar-refractivity contribution in [2.45, 2.75) is 13.0 Å². The Morgan fingerprint density at radius 3 is 2.30 bits per heavy atom. The minimum absolute atomic E-state index is 0. The topological polar surface area (TPSA) is 27.0 Å². The number of benzene rings is 3. The van der Waals surface area contributed by atoms with Gasteiger partial charge >= 0.3 is 20.1 Å². The van der Waals surface area contributed by atoms with Crippen molar-refractivity contribution in [2.75, 3.05) is 0 Å². The third-order valence-electron chi connectivity index (χ3n) is 4.70. The average Bonchev–Trinajstić information content (AvgIpc) is 2.81. The average molecular weight is 566 g/mol. The molecule has 5 rings (SSSR count). The van der Waals surface area contributed by atoms with Crippen LogP contribution in [-0.4, -0.2) is 4.98 Å². The molecule has 3 heteroatoms. The van der Waals surface area contributed by atoms with Crippen LogP contribution in [-0.2, 0) is 20.1 Å². The van der Waals surface area contributed by atoms with Crippen LogP contribution >= 0.6 is 0 Å². The molecule has 1 aliphatic heterocycles. The van der Waals surface area contributed by atoms with E-state index in [4.69, 9.17) is 0 Å². The van der Waals surface area contributed by atoms with E-state index in [9.17, 15) is 0 Å². The number of nitrogens with zero attached hydrogens (tertiary/aromatic N) is 2. The molecule has 1 unspecified atom stereocenters. The number of fused-ring (bicyclic) bond motifs is 1. The van der Waals surface area contributed by atoms with Gasteiger partial charge in [-0.2, -0.15) is 42.1 Å². The molecule has 0 radical (unpaired) electrons. The standard InChI is InChI=1S/C15H11N.C12H10N.Ir/c1-2-7-13(8-3-1)15-14-9-5-4-6-12(14)10-11-16-15;1-10-7-8-12(13-9-10)11-5-3-2-4-6-11;/h1-7,9-11,15H;2-5,7-9H,1H3;/q-2;-1;+3. The van der Waals surface area contributed by atoms with Gasteiger partial charge in [0.25, 0.3) is 0 Å². The van der Waals surface area contributed by atoms with Crippen LogP contribution < -0.4 is 0 Å². The molecule has 2 heterocycles. The molecule has 3 aromatic carbocycles. The van der Waals surface area contributed by atoms with Gasteiger partial charge in [0.2, 0.25) is 0 Å². The summed E-state index contributed by atoms with van der Waals surface area (Å²) in [6.07, 6.45) is 5.80. The summed E-state index contributed by atoms with van der Waals surface area (Å²) < 4.78 is 0. The van der Waals surface area contributed by atoms with E-state index < -0.39 is 0 Å². The SMILES string of the molecule is Cc1ccc(-c2[c-]cccc2)nc1.[Ir+3].[c-]1ccccc1C1[N-]C=Cc2ccccc21. The zero-order valence-corrected chi connectivity index (χ0v) is 19.0. The first-order chi connectivity index (χ1) is 14.3. The van der Waals surface area contributed by atoms with Gasteiger partial charge in [-0.3, -0.25) is 0 Å². The number of hydrogen-bond acceptors (Lipinski definition) is 1. The minimum atomic E-state index is 0. The van der Waals surface area contributed by atoms with E-state index in [1.807, 2.05) is 67.9 Å². The van der Waals surface area contributed by atoms with Crippen LogP contribution in [0.5, 0.6) is 0 Å². The van der Waals surface area contributed by atoms with Crippen molar-refractivity contribution in [1.82, 2.24) is 4.98 Å². The van der Waals surface area contributed by atoms with E-state index >= 15 is 0 Å². The summed E-state index contributed by atoms with van der Waals surface area (Å²) in [5.74, 6) is 0. The van der Waals surface area contributed by atoms with Gasteiger partial charge in [0.15, 0.2) is 0 Å². The minimum Gasteiger partial charge on any atom is -0.682 e. The van der Waals surface area contributed by atoms with Crippen LogP contribution in [0.25, 0.3) is 22.7 Å². The number of pyridine rings is 1. The number of rotatable bonds is 2. The van der Waals surface area contributed by atoms with Gasteiger partial charge in [0.05, 0.1) is 0 Å². The molecule has 30 heavy (non-hydrogen) atoms. The van der Waals surface area contributed by atoms with Crippen LogP contribution in [0.15, 0.2) is 97.3 Å². The molecule has 1 atom stereocenters. The van der Waals surface area contributed by atoms with Gasteiger partial charge in [-0.15, -0.1) is 35.9 Å². The molecule has 0 amide bonds. The zero-order valence-electron chi connectivity index (χ0n) is 16.6. The summed E-state index contributed by atoms with van der Waals surface area (Å²) in [4.78, 5) is 4.32. The first-order valence-corrected chi connectivity index (χ1v) is 9.63. The molecule has 0 saturated carbocycles. The normalized spacial score (nSPS) is 13.7. The molecule has 2 nitrogen and oxygen atoms in total. The van der Waals surface area contributed by atoms with E-state index in [1.165, 1.54) is 16.7 Å². The van der Waals surface area contributed by atoms with Gasteiger partial charge in [0.1, 0.15) is 0 Å². The second kappa shape index (κ2) is 10.7. The molecule has 0 spiro atoms. The van der Waals surface area contributed by atoms with Crippen molar-refractivity contribution in [3.8, 4) is 11.3 Å². The maximum Gasteiger partial charge on any atom is 3.00 e. The Hall–Kier alpha value is -3.00. The van der Waals surface area contributed by atoms with E-state index in [1.54, 1.807) is 0 Å². The summed E-state index contributed by atoms with van der Waals surface area (Å²) in [5, 5.41) is 4.53. The van der Waals surface area contributed by atoms with Crippen molar-refractivity contribution in [3.05, 3.63) is 137 Å². The fourth-order valence-electron chi connectivity index (χ4n) is 3.21. The van der Waals surface area contributed by atoms with Gasteiger partial charge in [0, 0.05) is 6.20 Å². The first-order valence-electron chi connectivity index (χ1n) is 9.63. The summed E-state index contributed by atoms with van der Waals surface area (Å²) >= 11 is 0. The van der Waals surface area contributed by atoms with Crippen molar-refractivity contribution >= 4 is 6.08 Å². The Bertz CT molecular complexity index is 1070. The number of aromatic nitrogens is 1. The monoisotopic (exact) mass is 566 g/mol. The van der Waals surface area contributed by atoms with Gasteiger partial charge < -0.3 is 10.3 Å². The fourth-order valence-corrected chi connectivity index (χ4v) is 3.21. The van der Waals surface area contributed by atoms with Crippen molar-refractivity contribution in [1.29, 1.82) is 0 Å². The van der Waals surface area contributed by atoms with Crippen LogP contribution in [0.2, 0.25) is 0 Å². The van der Waals surface area contributed by atoms with Gasteiger partial charge in [-0.25, -0.2) is 0 Å².